The van der Waals surface area contributed by atoms with Crippen LogP contribution in [0.3, 0.4) is 0 Å². The fraction of sp³-hybridized carbons (Fsp3) is 0.500. The van der Waals surface area contributed by atoms with E-state index in [1.165, 1.54) is 5.56 Å². The third kappa shape index (κ3) is 3.76. The second-order valence-electron chi connectivity index (χ2n) is 2.23. The Morgan fingerprint density at radius 2 is 2.00 bits per heavy atom. The number of rotatable bonds is 1. The van der Waals surface area contributed by atoms with Crippen LogP contribution in [0.1, 0.15) is 26.3 Å². The Labute approximate surface area is 69.7 Å². The first kappa shape index (κ1) is 10.2. The van der Waals surface area contributed by atoms with E-state index in [1.807, 2.05) is 27.1 Å². The SMILES string of the molecule is CC.CCc1ccc[n+](C)c1. The highest BCUT2D eigenvalue weighted by atomic mass is 14.9. The number of hydrogen-bond acceptors (Lipinski definition) is 0. The normalized spacial score (nSPS) is 8.36. The van der Waals surface area contributed by atoms with E-state index in [1.54, 1.807) is 0 Å². The van der Waals surface area contributed by atoms with Crippen LogP contribution >= 0.6 is 0 Å². The maximum absolute atomic E-state index is 2.16. The van der Waals surface area contributed by atoms with Crippen LogP contribution in [0.5, 0.6) is 0 Å². The van der Waals surface area contributed by atoms with E-state index < -0.39 is 0 Å². The van der Waals surface area contributed by atoms with Crippen molar-refractivity contribution in [3.05, 3.63) is 30.1 Å². The van der Waals surface area contributed by atoms with Gasteiger partial charge in [-0.25, -0.2) is 4.57 Å². The number of hydrogen-bond donors (Lipinski definition) is 0. The molecule has 0 atom stereocenters. The monoisotopic (exact) mass is 152 g/mol. The molecule has 1 aromatic rings. The zero-order valence-electron chi connectivity index (χ0n) is 7.96. The molecule has 0 spiro atoms. The Kier molecular flexibility index (Phi) is 5.44. The molecule has 0 aromatic carbocycles. The maximum atomic E-state index is 2.16. The third-order valence-electron chi connectivity index (χ3n) is 1.41. The fourth-order valence-corrected chi connectivity index (χ4v) is 0.859. The topological polar surface area (TPSA) is 3.88 Å². The van der Waals surface area contributed by atoms with Crippen molar-refractivity contribution in [3.8, 4) is 0 Å². The van der Waals surface area contributed by atoms with Crippen LogP contribution < -0.4 is 4.57 Å². The van der Waals surface area contributed by atoms with Crippen molar-refractivity contribution in [3.63, 3.8) is 0 Å². The summed E-state index contributed by atoms with van der Waals surface area (Å²) in [4.78, 5) is 0. The second kappa shape index (κ2) is 5.90. The molecule has 0 aliphatic rings. The van der Waals surface area contributed by atoms with Gasteiger partial charge in [0.15, 0.2) is 12.4 Å². The predicted molar refractivity (Wildman–Crippen MR) is 48.3 cm³/mol. The minimum absolute atomic E-state index is 1.12. The summed E-state index contributed by atoms with van der Waals surface area (Å²) in [6, 6.07) is 4.21. The first-order chi connectivity index (χ1) is 5.33. The van der Waals surface area contributed by atoms with Crippen LogP contribution in [0.15, 0.2) is 24.5 Å². The van der Waals surface area contributed by atoms with Crippen molar-refractivity contribution in [2.75, 3.05) is 0 Å². The van der Waals surface area contributed by atoms with E-state index in [4.69, 9.17) is 0 Å². The highest BCUT2D eigenvalue weighted by Gasteiger charge is 1.91. The summed E-state index contributed by atoms with van der Waals surface area (Å²) in [5.74, 6) is 0. The quantitative estimate of drug-likeness (QED) is 0.543. The van der Waals surface area contributed by atoms with Crippen LogP contribution in [-0.2, 0) is 13.5 Å². The van der Waals surface area contributed by atoms with Crippen LogP contribution in [0.2, 0.25) is 0 Å². The average Bonchev–Trinajstić information content (AvgIpc) is 2.08. The van der Waals surface area contributed by atoms with Crippen LogP contribution in [0.25, 0.3) is 0 Å². The smallest absolute Gasteiger partial charge is 0.171 e. The van der Waals surface area contributed by atoms with Crippen molar-refractivity contribution in [2.45, 2.75) is 27.2 Å². The van der Waals surface area contributed by atoms with Gasteiger partial charge >= 0.3 is 0 Å². The summed E-state index contributed by atoms with van der Waals surface area (Å²) in [7, 11) is 2.04. The molecule has 1 rings (SSSR count). The predicted octanol–water partition coefficient (Wildman–Crippen LogP) is 2.10. The molecule has 0 N–H and O–H groups in total. The van der Waals surface area contributed by atoms with Gasteiger partial charge in [-0.1, -0.05) is 20.8 Å². The summed E-state index contributed by atoms with van der Waals surface area (Å²) in [6.07, 6.45) is 5.30. The van der Waals surface area contributed by atoms with Gasteiger partial charge in [-0.15, -0.1) is 0 Å². The van der Waals surface area contributed by atoms with Gasteiger partial charge in [-0.2, -0.15) is 0 Å². The maximum Gasteiger partial charge on any atom is 0.171 e. The molecule has 1 aromatic heterocycles. The van der Waals surface area contributed by atoms with E-state index in [2.05, 4.69) is 29.8 Å². The van der Waals surface area contributed by atoms with Gasteiger partial charge in [-0.3, -0.25) is 0 Å². The average molecular weight is 152 g/mol. The molecular weight excluding hydrogens is 134 g/mol. The minimum atomic E-state index is 1.12. The number of aryl methyl sites for hydroxylation is 2. The molecule has 1 heteroatoms. The van der Waals surface area contributed by atoms with E-state index in [-0.39, 0.29) is 0 Å². The van der Waals surface area contributed by atoms with Gasteiger partial charge in [0.1, 0.15) is 7.05 Å². The van der Waals surface area contributed by atoms with Gasteiger partial charge < -0.3 is 0 Å². The highest BCUT2D eigenvalue weighted by molar-refractivity contribution is 5.04. The number of nitrogens with zero attached hydrogens (tertiary/aromatic N) is 1. The first-order valence-electron chi connectivity index (χ1n) is 4.27. The Morgan fingerprint density at radius 3 is 2.36 bits per heavy atom. The molecule has 0 radical (unpaired) electrons. The molecule has 0 amide bonds. The molecule has 62 valence electrons. The molecule has 0 fully saturated rings. The Bertz CT molecular complexity index is 194. The molecule has 0 unspecified atom stereocenters. The Morgan fingerprint density at radius 1 is 1.36 bits per heavy atom. The second-order valence-corrected chi connectivity index (χ2v) is 2.23. The third-order valence-corrected chi connectivity index (χ3v) is 1.41. The first-order valence-corrected chi connectivity index (χ1v) is 4.27. The lowest BCUT2D eigenvalue weighted by Crippen LogP contribution is -2.26. The van der Waals surface area contributed by atoms with E-state index >= 15 is 0 Å². The molecule has 0 aliphatic carbocycles. The summed E-state index contributed by atoms with van der Waals surface area (Å²) in [6.45, 7) is 6.16. The van der Waals surface area contributed by atoms with Gasteiger partial charge in [-0.05, 0) is 12.5 Å². The molecule has 0 aliphatic heterocycles. The van der Waals surface area contributed by atoms with Crippen molar-refractivity contribution in [1.82, 2.24) is 0 Å². The molecule has 1 nitrogen and oxygen atoms in total. The number of pyridine rings is 1. The molecule has 0 saturated carbocycles. The van der Waals surface area contributed by atoms with Crippen molar-refractivity contribution in [2.24, 2.45) is 7.05 Å². The number of aromatic nitrogens is 1. The summed E-state index contributed by atoms with van der Waals surface area (Å²) < 4.78 is 2.07. The largest absolute Gasteiger partial charge is 0.208 e. The fourth-order valence-electron chi connectivity index (χ4n) is 0.859. The van der Waals surface area contributed by atoms with Crippen molar-refractivity contribution >= 4 is 0 Å². The molecule has 0 saturated heterocycles. The minimum Gasteiger partial charge on any atom is -0.208 e. The standard InChI is InChI=1S/C8H12N.C2H6/c1-3-8-5-4-6-9(2)7-8;1-2/h4-7H,3H2,1-2H3;1-2H3/q+1;. The lowest BCUT2D eigenvalue weighted by atomic mass is 10.2. The van der Waals surface area contributed by atoms with Crippen LogP contribution in [0.4, 0.5) is 0 Å². The van der Waals surface area contributed by atoms with E-state index in [0.717, 1.165) is 6.42 Å². The van der Waals surface area contributed by atoms with Crippen LogP contribution in [0, 0.1) is 0 Å². The van der Waals surface area contributed by atoms with Crippen molar-refractivity contribution < 1.29 is 4.57 Å². The molecular formula is C10H18N+. The van der Waals surface area contributed by atoms with E-state index in [0.29, 0.717) is 0 Å². The van der Waals surface area contributed by atoms with Gasteiger partial charge in [0.2, 0.25) is 0 Å². The van der Waals surface area contributed by atoms with Gasteiger partial charge in [0, 0.05) is 11.6 Å². The van der Waals surface area contributed by atoms with Crippen molar-refractivity contribution in [1.29, 1.82) is 0 Å². The summed E-state index contributed by atoms with van der Waals surface area (Å²) in [5, 5.41) is 0. The van der Waals surface area contributed by atoms with Gasteiger partial charge in [0.25, 0.3) is 0 Å². The Hall–Kier alpha value is -0.850. The van der Waals surface area contributed by atoms with E-state index in [9.17, 15) is 0 Å². The molecule has 0 bridgehead atoms. The highest BCUT2D eigenvalue weighted by Crippen LogP contribution is 1.92. The summed E-state index contributed by atoms with van der Waals surface area (Å²) >= 11 is 0. The molecule has 1 heterocycles. The summed E-state index contributed by atoms with van der Waals surface area (Å²) in [5.41, 5.74) is 1.39. The lowest BCUT2D eigenvalue weighted by molar-refractivity contribution is -0.671. The van der Waals surface area contributed by atoms with Gasteiger partial charge in [0.05, 0.1) is 0 Å². The zero-order valence-corrected chi connectivity index (χ0v) is 7.96. The Balaban J connectivity index is 0.000000461. The van der Waals surface area contributed by atoms with Crippen LogP contribution in [-0.4, -0.2) is 0 Å². The lowest BCUT2D eigenvalue weighted by Gasteiger charge is -1.90. The molecule has 11 heavy (non-hydrogen) atoms. The zero-order chi connectivity index (χ0) is 8.69.